The van der Waals surface area contributed by atoms with Crippen molar-refractivity contribution in [1.82, 2.24) is 4.57 Å². The highest BCUT2D eigenvalue weighted by Crippen LogP contribution is 2.39. The fraction of sp³-hybridized carbons (Fsp3) is 0.183. The summed E-state index contributed by atoms with van der Waals surface area (Å²) in [6, 6.07) is 70.9. The van der Waals surface area contributed by atoms with Gasteiger partial charge in [-0.15, -0.1) is 0 Å². The van der Waals surface area contributed by atoms with Gasteiger partial charge in [0, 0.05) is 39.6 Å². The maximum Gasteiger partial charge on any atom is 0.508 e. The van der Waals surface area contributed by atoms with Gasteiger partial charge in [0.05, 0.1) is 24.2 Å². The van der Waals surface area contributed by atoms with Crippen molar-refractivity contribution in [2.75, 3.05) is 31.3 Å². The molecule has 0 aliphatic heterocycles. The molecule has 0 aliphatic carbocycles. The minimum Gasteiger partial charge on any atom is -0.491 e. The molecule has 8 aromatic carbocycles. The lowest BCUT2D eigenvalue weighted by Crippen LogP contribution is -2.29. The molecule has 0 fully saturated rings. The predicted octanol–water partition coefficient (Wildman–Crippen LogP) is 15.8. The van der Waals surface area contributed by atoms with Crippen LogP contribution in [0.2, 0.25) is 0 Å². The van der Waals surface area contributed by atoms with E-state index in [2.05, 4.69) is 198 Å². The largest absolute Gasteiger partial charge is 0.508 e. The maximum absolute atomic E-state index is 12.1. The third-order valence-corrected chi connectivity index (χ3v) is 12.1. The van der Waals surface area contributed by atoms with E-state index in [0.717, 1.165) is 75.3 Å². The predicted molar refractivity (Wildman–Crippen MR) is 274 cm³/mol. The monoisotopic (exact) mass is 884 g/mol. The molecule has 7 heteroatoms. The molecule has 1 heterocycles. The number of para-hydroxylation sites is 1. The number of carbonyl (C=O) groups excluding carboxylic acids is 1. The number of anilines is 3. The maximum atomic E-state index is 12.1. The van der Waals surface area contributed by atoms with E-state index in [1.807, 2.05) is 32.0 Å². The van der Waals surface area contributed by atoms with Crippen molar-refractivity contribution in [2.24, 2.45) is 0 Å². The number of ether oxygens (including phenoxy) is 4. The number of carbonyl (C=O) groups is 1. The molecule has 0 aliphatic rings. The Morgan fingerprint density at radius 3 is 1.54 bits per heavy atom. The Labute approximate surface area is 393 Å². The first kappa shape index (κ1) is 44.6. The van der Waals surface area contributed by atoms with Crippen LogP contribution in [0.25, 0.3) is 60.9 Å². The van der Waals surface area contributed by atoms with E-state index in [1.165, 1.54) is 27.6 Å². The van der Waals surface area contributed by atoms with Crippen LogP contribution >= 0.6 is 0 Å². The summed E-state index contributed by atoms with van der Waals surface area (Å²) in [5, 5.41) is 2.32. The molecule has 0 radical (unpaired) electrons. The number of benzene rings is 8. The van der Waals surface area contributed by atoms with Gasteiger partial charge in [-0.3, -0.25) is 0 Å². The van der Waals surface area contributed by atoms with Gasteiger partial charge in [-0.05, 0) is 127 Å². The van der Waals surface area contributed by atoms with Crippen LogP contribution in [0.15, 0.2) is 200 Å². The molecule has 1 aromatic heterocycles. The first-order valence-electron chi connectivity index (χ1n) is 23.2. The van der Waals surface area contributed by atoms with Crippen molar-refractivity contribution in [1.29, 1.82) is 0 Å². The third kappa shape index (κ3) is 10.6. The van der Waals surface area contributed by atoms with Crippen molar-refractivity contribution in [3.63, 3.8) is 0 Å². The summed E-state index contributed by atoms with van der Waals surface area (Å²) in [4.78, 5) is 14.5. The van der Waals surface area contributed by atoms with E-state index < -0.39 is 11.8 Å². The van der Waals surface area contributed by atoms with E-state index in [9.17, 15) is 4.79 Å². The second-order valence-corrected chi connectivity index (χ2v) is 17.3. The minimum atomic E-state index is -0.667. The zero-order valence-electron chi connectivity index (χ0n) is 38.4. The SMILES string of the molecule is CCCCC(C)(C)OC(=O)OCCOCCOc1ccc2c3ccccc3n(-c3ccc(-c4ccc(N(c5ccc(-c6ccccc6)cc5)c5ccc(-c6ccccc6)cc5)cc4)cc3)c2c1. The lowest BCUT2D eigenvalue weighted by atomic mass is 10.0. The number of aromatic nitrogens is 1. The number of hydrogen-bond donors (Lipinski definition) is 0. The molecule has 0 amide bonds. The van der Waals surface area contributed by atoms with E-state index >= 15 is 0 Å². The van der Waals surface area contributed by atoms with Gasteiger partial charge in [-0.25, -0.2) is 4.79 Å². The van der Waals surface area contributed by atoms with Crippen molar-refractivity contribution in [3.05, 3.63) is 200 Å². The second kappa shape index (κ2) is 20.7. The zero-order chi connectivity index (χ0) is 46.0. The molecule has 9 rings (SSSR count). The highest BCUT2D eigenvalue weighted by molar-refractivity contribution is 6.09. The van der Waals surface area contributed by atoms with Crippen LogP contribution in [-0.4, -0.2) is 42.8 Å². The Bertz CT molecular complexity index is 2930. The van der Waals surface area contributed by atoms with E-state index in [1.54, 1.807) is 0 Å². The minimum absolute atomic E-state index is 0.118. The summed E-state index contributed by atoms with van der Waals surface area (Å²) in [6.07, 6.45) is 2.16. The Morgan fingerprint density at radius 1 is 0.507 bits per heavy atom. The Morgan fingerprint density at radius 2 is 0.985 bits per heavy atom. The molecule has 336 valence electrons. The molecule has 9 aromatic rings. The highest BCUT2D eigenvalue weighted by Gasteiger charge is 2.23. The molecular formula is C60H56N2O5. The molecule has 0 unspecified atom stereocenters. The molecule has 0 N–H and O–H groups in total. The Kier molecular flexibility index (Phi) is 13.8. The zero-order valence-corrected chi connectivity index (χ0v) is 38.4. The van der Waals surface area contributed by atoms with Crippen molar-refractivity contribution >= 4 is 45.0 Å². The lowest BCUT2D eigenvalue weighted by molar-refractivity contribution is -0.0315. The van der Waals surface area contributed by atoms with E-state index in [0.29, 0.717) is 13.2 Å². The summed E-state index contributed by atoms with van der Waals surface area (Å²) < 4.78 is 24.9. The molecule has 7 nitrogen and oxygen atoms in total. The van der Waals surface area contributed by atoms with Crippen molar-refractivity contribution in [2.45, 2.75) is 45.6 Å². The van der Waals surface area contributed by atoms with Crippen LogP contribution in [-0.2, 0) is 14.2 Å². The number of fused-ring (bicyclic) bond motifs is 3. The molecule has 0 bridgehead atoms. The smallest absolute Gasteiger partial charge is 0.491 e. The number of nitrogens with zero attached hydrogens (tertiary/aromatic N) is 2. The number of rotatable bonds is 18. The first-order chi connectivity index (χ1) is 32.8. The normalized spacial score (nSPS) is 11.4. The summed E-state index contributed by atoms with van der Waals surface area (Å²) in [6.45, 7) is 7.00. The van der Waals surface area contributed by atoms with Gasteiger partial charge in [0.25, 0.3) is 0 Å². The Balaban J connectivity index is 0.902. The number of hydrogen-bond acceptors (Lipinski definition) is 6. The highest BCUT2D eigenvalue weighted by atomic mass is 16.7. The van der Waals surface area contributed by atoms with Crippen molar-refractivity contribution in [3.8, 4) is 44.8 Å². The van der Waals surface area contributed by atoms with Gasteiger partial charge in [-0.1, -0.05) is 141 Å². The standard InChI is InChI=1S/C60H56N2O5/c1-4-5-38-60(2,3)67-59(63)66-42-40-64-39-41-65-54-36-37-56-55-18-12-13-19-57(55)62(58(56)43-54)53-34-26-49(27-35-53)48-24-32-52(33-25-48)61(50-28-20-46(21-29-50)44-14-8-6-9-15-44)51-30-22-47(23-31-51)45-16-10-7-11-17-45/h6-37,43H,4-5,38-42H2,1-3H3. The van der Waals surface area contributed by atoms with Crippen LogP contribution in [0, 0.1) is 0 Å². The number of unbranched alkanes of at least 4 members (excludes halogenated alkanes) is 1. The van der Waals surface area contributed by atoms with Crippen molar-refractivity contribution < 1.29 is 23.7 Å². The summed E-state index contributed by atoms with van der Waals surface area (Å²) in [5.74, 6) is 0.749. The average molecular weight is 885 g/mol. The van der Waals surface area contributed by atoms with Crippen LogP contribution in [0.3, 0.4) is 0 Å². The summed E-state index contributed by atoms with van der Waals surface area (Å²) >= 11 is 0. The quantitative estimate of drug-likeness (QED) is 0.0632. The van der Waals surface area contributed by atoms with Gasteiger partial charge in [0.1, 0.15) is 24.6 Å². The van der Waals surface area contributed by atoms with E-state index in [-0.39, 0.29) is 13.2 Å². The molecule has 0 saturated carbocycles. The molecule has 0 spiro atoms. The Hall–Kier alpha value is -7.61. The van der Waals surface area contributed by atoms with Gasteiger partial charge < -0.3 is 28.4 Å². The van der Waals surface area contributed by atoms with Gasteiger partial charge in [-0.2, -0.15) is 0 Å². The topological polar surface area (TPSA) is 62.2 Å². The first-order valence-corrected chi connectivity index (χ1v) is 23.2. The second-order valence-electron chi connectivity index (χ2n) is 17.3. The fourth-order valence-corrected chi connectivity index (χ4v) is 8.65. The molecule has 0 atom stereocenters. The van der Waals surface area contributed by atoms with Gasteiger partial charge in [0.2, 0.25) is 0 Å². The van der Waals surface area contributed by atoms with Crippen LogP contribution in [0.1, 0.15) is 40.0 Å². The summed E-state index contributed by atoms with van der Waals surface area (Å²) in [5.41, 5.74) is 12.9. The summed E-state index contributed by atoms with van der Waals surface area (Å²) in [7, 11) is 0. The lowest BCUT2D eigenvalue weighted by Gasteiger charge is -2.26. The van der Waals surface area contributed by atoms with Crippen LogP contribution < -0.4 is 9.64 Å². The molecule has 67 heavy (non-hydrogen) atoms. The van der Waals surface area contributed by atoms with Gasteiger partial charge in [0.15, 0.2) is 0 Å². The fourth-order valence-electron chi connectivity index (χ4n) is 8.65. The van der Waals surface area contributed by atoms with Gasteiger partial charge >= 0.3 is 6.16 Å². The van der Waals surface area contributed by atoms with E-state index in [4.69, 9.17) is 18.9 Å². The van der Waals surface area contributed by atoms with Crippen LogP contribution in [0.4, 0.5) is 21.9 Å². The average Bonchev–Trinajstić information content (AvgIpc) is 3.70. The molecular weight excluding hydrogens is 829 g/mol. The molecule has 0 saturated heterocycles. The van der Waals surface area contributed by atoms with Crippen LogP contribution in [0.5, 0.6) is 5.75 Å². The third-order valence-electron chi connectivity index (χ3n) is 12.1.